The smallest absolute Gasteiger partial charge is 0.322 e. The number of hydrogen-bond donors (Lipinski definition) is 1. The number of aliphatic carboxylic acids is 1. The highest BCUT2D eigenvalue weighted by atomic mass is 16.4. The number of rotatable bonds is 4. The highest BCUT2D eigenvalue weighted by molar-refractivity contribution is 6.21. The average Bonchev–Trinajstić information content (AvgIpc) is 2.16. The first-order chi connectivity index (χ1) is 7.43. The molecule has 0 bridgehead atoms. The van der Waals surface area contributed by atoms with E-state index in [1.54, 1.807) is 13.1 Å². The first-order valence-electron chi connectivity index (χ1n) is 4.62. The second-order valence-electron chi connectivity index (χ2n) is 3.50. The number of aryl methyl sites for hydroxylation is 1. The normalized spacial score (nSPS) is 11.9. The van der Waals surface area contributed by atoms with E-state index < -0.39 is 23.5 Å². The quantitative estimate of drug-likeness (QED) is 0.602. The third-order valence-electron chi connectivity index (χ3n) is 2.08. The molecule has 1 aromatic rings. The van der Waals surface area contributed by atoms with Crippen LogP contribution in [0.15, 0.2) is 18.5 Å². The van der Waals surface area contributed by atoms with Gasteiger partial charge in [0.1, 0.15) is 0 Å². The Hall–Kier alpha value is -2.04. The molecule has 1 rings (SSSR count). The van der Waals surface area contributed by atoms with E-state index in [1.807, 2.05) is 0 Å². The molecular formula is C11H11NO4. The second kappa shape index (κ2) is 4.65. The molecule has 1 aromatic heterocycles. The van der Waals surface area contributed by atoms with Crippen molar-refractivity contribution in [3.8, 4) is 0 Å². The molecule has 1 atom stereocenters. The summed E-state index contributed by atoms with van der Waals surface area (Å²) in [5.41, 5.74) is 0.876. The van der Waals surface area contributed by atoms with Gasteiger partial charge in [0, 0.05) is 18.0 Å². The van der Waals surface area contributed by atoms with Crippen molar-refractivity contribution in [3.05, 3.63) is 29.6 Å². The maximum Gasteiger partial charge on any atom is 0.322 e. The maximum atomic E-state index is 11.7. The first-order valence-corrected chi connectivity index (χ1v) is 4.62. The van der Waals surface area contributed by atoms with Crippen molar-refractivity contribution in [1.82, 2.24) is 4.98 Å². The summed E-state index contributed by atoms with van der Waals surface area (Å²) < 4.78 is 0. The molecule has 1 heterocycles. The zero-order valence-electron chi connectivity index (χ0n) is 8.93. The molecule has 0 spiro atoms. The van der Waals surface area contributed by atoms with Crippen LogP contribution in [0.25, 0.3) is 0 Å². The van der Waals surface area contributed by atoms with Gasteiger partial charge in [0.2, 0.25) is 0 Å². The van der Waals surface area contributed by atoms with Crippen molar-refractivity contribution in [2.75, 3.05) is 0 Å². The Morgan fingerprint density at radius 2 is 1.94 bits per heavy atom. The summed E-state index contributed by atoms with van der Waals surface area (Å²) in [6, 6.07) is 1.51. The van der Waals surface area contributed by atoms with E-state index >= 15 is 0 Å². The molecule has 0 aliphatic rings. The molecule has 0 aliphatic heterocycles. The maximum absolute atomic E-state index is 11.7. The highest BCUT2D eigenvalue weighted by Crippen LogP contribution is 2.11. The summed E-state index contributed by atoms with van der Waals surface area (Å²) in [5, 5.41) is 8.78. The number of pyridine rings is 1. The van der Waals surface area contributed by atoms with Gasteiger partial charge < -0.3 is 5.11 Å². The predicted molar refractivity (Wildman–Crippen MR) is 55.1 cm³/mol. The molecule has 5 heteroatoms. The Kier molecular flexibility index (Phi) is 3.50. The van der Waals surface area contributed by atoms with Gasteiger partial charge in [-0.2, -0.15) is 0 Å². The Balaban J connectivity index is 3.09. The molecule has 0 radical (unpaired) electrons. The van der Waals surface area contributed by atoms with Gasteiger partial charge in [-0.1, -0.05) is 0 Å². The molecule has 0 fully saturated rings. The van der Waals surface area contributed by atoms with Crippen LogP contribution in [0.2, 0.25) is 0 Å². The number of nitrogens with zero attached hydrogens (tertiary/aromatic N) is 1. The number of carboxylic acid groups (broad SMARTS) is 1. The van der Waals surface area contributed by atoms with Crippen LogP contribution in [-0.4, -0.2) is 27.6 Å². The van der Waals surface area contributed by atoms with E-state index in [0.717, 1.165) is 12.5 Å². The number of Topliss-reactive ketones (excluding diaryl/α,β-unsaturated/α-hetero) is 2. The molecule has 0 aliphatic carbocycles. The predicted octanol–water partition coefficient (Wildman–Crippen LogP) is 0.863. The second-order valence-corrected chi connectivity index (χ2v) is 3.50. The SMILES string of the molecule is CC(=O)C(C(=O)O)C(=O)c1cncc(C)c1. The van der Waals surface area contributed by atoms with E-state index in [4.69, 9.17) is 5.11 Å². The summed E-state index contributed by atoms with van der Waals surface area (Å²) in [6.45, 7) is 2.81. The molecule has 0 saturated heterocycles. The van der Waals surface area contributed by atoms with Crippen LogP contribution in [0.4, 0.5) is 0 Å². The fourth-order valence-electron chi connectivity index (χ4n) is 1.33. The Morgan fingerprint density at radius 3 is 2.38 bits per heavy atom. The third-order valence-corrected chi connectivity index (χ3v) is 2.08. The van der Waals surface area contributed by atoms with Crippen LogP contribution in [0.3, 0.4) is 0 Å². The molecule has 1 N–H and O–H groups in total. The monoisotopic (exact) mass is 221 g/mol. The molecule has 0 amide bonds. The van der Waals surface area contributed by atoms with E-state index in [-0.39, 0.29) is 5.56 Å². The van der Waals surface area contributed by atoms with Crippen LogP contribution < -0.4 is 0 Å². The molecular weight excluding hydrogens is 210 g/mol. The number of carboxylic acids is 1. The Bertz CT molecular complexity index is 439. The third kappa shape index (κ3) is 2.50. The van der Waals surface area contributed by atoms with E-state index in [0.29, 0.717) is 0 Å². The van der Waals surface area contributed by atoms with Crippen molar-refractivity contribution < 1.29 is 19.5 Å². The number of carbonyl (C=O) groups is 3. The summed E-state index contributed by atoms with van der Waals surface area (Å²) in [5.74, 6) is -4.47. The van der Waals surface area contributed by atoms with Crippen LogP contribution >= 0.6 is 0 Å². The van der Waals surface area contributed by atoms with Crippen molar-refractivity contribution in [1.29, 1.82) is 0 Å². The number of ketones is 2. The fourth-order valence-corrected chi connectivity index (χ4v) is 1.33. The number of aromatic nitrogens is 1. The van der Waals surface area contributed by atoms with Gasteiger partial charge in [0.25, 0.3) is 0 Å². The summed E-state index contributed by atoms with van der Waals surface area (Å²) in [7, 11) is 0. The van der Waals surface area contributed by atoms with Gasteiger partial charge in [-0.15, -0.1) is 0 Å². The summed E-state index contributed by atoms with van der Waals surface area (Å²) in [6.07, 6.45) is 2.80. The van der Waals surface area contributed by atoms with Crippen molar-refractivity contribution in [3.63, 3.8) is 0 Å². The zero-order valence-corrected chi connectivity index (χ0v) is 8.93. The lowest BCUT2D eigenvalue weighted by atomic mass is 9.95. The molecule has 0 aromatic carbocycles. The lowest BCUT2D eigenvalue weighted by Gasteiger charge is -2.07. The van der Waals surface area contributed by atoms with Gasteiger partial charge in [-0.05, 0) is 25.5 Å². The minimum atomic E-state index is -1.64. The standard InChI is InChI=1S/C11H11NO4/c1-6-3-8(5-12-4-6)10(14)9(7(2)13)11(15)16/h3-5,9H,1-2H3,(H,15,16). The largest absolute Gasteiger partial charge is 0.480 e. The molecule has 5 nitrogen and oxygen atoms in total. The zero-order chi connectivity index (χ0) is 12.3. The molecule has 84 valence electrons. The minimum Gasteiger partial charge on any atom is -0.480 e. The van der Waals surface area contributed by atoms with Crippen molar-refractivity contribution in [2.45, 2.75) is 13.8 Å². The fraction of sp³-hybridized carbons (Fsp3) is 0.273. The Labute approximate surface area is 92.1 Å². The van der Waals surface area contributed by atoms with Crippen LogP contribution in [0.1, 0.15) is 22.8 Å². The van der Waals surface area contributed by atoms with Gasteiger partial charge >= 0.3 is 5.97 Å². The van der Waals surface area contributed by atoms with E-state index in [2.05, 4.69) is 4.98 Å². The van der Waals surface area contributed by atoms with Gasteiger partial charge in [-0.3, -0.25) is 19.4 Å². The lowest BCUT2D eigenvalue weighted by Crippen LogP contribution is -2.30. The van der Waals surface area contributed by atoms with Crippen molar-refractivity contribution >= 4 is 17.5 Å². The minimum absolute atomic E-state index is 0.141. The van der Waals surface area contributed by atoms with Gasteiger partial charge in [0.05, 0.1) is 0 Å². The number of carbonyl (C=O) groups excluding carboxylic acids is 2. The first kappa shape index (κ1) is 12.0. The summed E-state index contributed by atoms with van der Waals surface area (Å²) in [4.78, 5) is 37.4. The average molecular weight is 221 g/mol. The molecule has 1 unspecified atom stereocenters. The van der Waals surface area contributed by atoms with E-state index in [1.165, 1.54) is 12.3 Å². The van der Waals surface area contributed by atoms with Crippen LogP contribution in [0.5, 0.6) is 0 Å². The Morgan fingerprint density at radius 1 is 1.31 bits per heavy atom. The molecule has 0 saturated carbocycles. The lowest BCUT2D eigenvalue weighted by molar-refractivity contribution is -0.143. The van der Waals surface area contributed by atoms with Gasteiger partial charge in [0.15, 0.2) is 17.5 Å². The van der Waals surface area contributed by atoms with Gasteiger partial charge in [-0.25, -0.2) is 0 Å². The van der Waals surface area contributed by atoms with Crippen LogP contribution in [-0.2, 0) is 9.59 Å². The van der Waals surface area contributed by atoms with Crippen molar-refractivity contribution in [2.24, 2.45) is 5.92 Å². The highest BCUT2D eigenvalue weighted by Gasteiger charge is 2.31. The van der Waals surface area contributed by atoms with Crippen LogP contribution in [0, 0.1) is 12.8 Å². The van der Waals surface area contributed by atoms with E-state index in [9.17, 15) is 14.4 Å². The number of hydrogen-bond acceptors (Lipinski definition) is 4. The topological polar surface area (TPSA) is 84.3 Å². The summed E-state index contributed by atoms with van der Waals surface area (Å²) >= 11 is 0. The molecule has 16 heavy (non-hydrogen) atoms.